The van der Waals surface area contributed by atoms with Crippen LogP contribution >= 0.6 is 11.6 Å². The molecule has 0 bridgehead atoms. The van der Waals surface area contributed by atoms with Gasteiger partial charge in [-0.25, -0.2) is 4.79 Å². The van der Waals surface area contributed by atoms with E-state index >= 15 is 0 Å². The van der Waals surface area contributed by atoms with Crippen LogP contribution in [0.1, 0.15) is 11.1 Å². The fourth-order valence-electron chi connectivity index (χ4n) is 2.87. The van der Waals surface area contributed by atoms with Crippen LogP contribution in [0.2, 0.25) is 5.02 Å². The predicted octanol–water partition coefficient (Wildman–Crippen LogP) is 4.00. The van der Waals surface area contributed by atoms with Crippen molar-refractivity contribution in [2.24, 2.45) is 0 Å². The molecule has 0 aliphatic heterocycles. The highest BCUT2D eigenvalue weighted by atomic mass is 35.5. The number of ether oxygens (including phenoxy) is 2. The molecule has 0 spiro atoms. The zero-order chi connectivity index (χ0) is 22.0. The van der Waals surface area contributed by atoms with Gasteiger partial charge in [-0.05, 0) is 31.0 Å². The second-order valence-corrected chi connectivity index (χ2v) is 6.87. The summed E-state index contributed by atoms with van der Waals surface area (Å²) in [6.45, 7) is 2.98. The lowest BCUT2D eigenvalue weighted by molar-refractivity contribution is -0.385. The fourth-order valence-corrected chi connectivity index (χ4v) is 3.09. The van der Waals surface area contributed by atoms with Crippen molar-refractivity contribution in [1.82, 2.24) is 0 Å². The minimum atomic E-state index is -0.567. The predicted molar refractivity (Wildman–Crippen MR) is 111 cm³/mol. The molecular formula is C20H17ClN2O7. The van der Waals surface area contributed by atoms with Crippen molar-refractivity contribution in [3.8, 4) is 11.5 Å². The zero-order valence-electron chi connectivity index (χ0n) is 16.3. The summed E-state index contributed by atoms with van der Waals surface area (Å²) in [7, 11) is 1.30. The molecule has 1 amide bonds. The first kappa shape index (κ1) is 21.1. The number of hydrogen-bond acceptors (Lipinski definition) is 7. The van der Waals surface area contributed by atoms with E-state index in [9.17, 15) is 19.7 Å². The van der Waals surface area contributed by atoms with E-state index in [4.69, 9.17) is 25.5 Å². The highest BCUT2D eigenvalue weighted by molar-refractivity contribution is 6.32. The van der Waals surface area contributed by atoms with Crippen molar-refractivity contribution in [2.45, 2.75) is 13.8 Å². The van der Waals surface area contributed by atoms with Gasteiger partial charge in [0.15, 0.2) is 12.4 Å². The van der Waals surface area contributed by atoms with Gasteiger partial charge in [0.05, 0.1) is 17.1 Å². The topological polar surface area (TPSA) is 121 Å². The smallest absolute Gasteiger partial charge is 0.336 e. The Morgan fingerprint density at radius 1 is 1.17 bits per heavy atom. The van der Waals surface area contributed by atoms with Gasteiger partial charge >= 0.3 is 11.3 Å². The summed E-state index contributed by atoms with van der Waals surface area (Å²) in [4.78, 5) is 34.4. The van der Waals surface area contributed by atoms with Crippen molar-refractivity contribution in [2.75, 3.05) is 19.0 Å². The number of nitrogens with zero attached hydrogens (tertiary/aromatic N) is 1. The van der Waals surface area contributed by atoms with Crippen LogP contribution in [0.15, 0.2) is 39.5 Å². The Labute approximate surface area is 175 Å². The minimum absolute atomic E-state index is 0.0183. The standard InChI is InChI=1S/C20H17ClN2O7/c1-10-5-20(25)30-16-8-17(13(21)6-12(10)16)29-9-19(24)22-14-7-18(28-3)15(23(26)27)4-11(14)2/h4-8H,9H2,1-3H3,(H,22,24). The molecule has 10 heteroatoms. The van der Waals surface area contributed by atoms with Crippen molar-refractivity contribution in [3.05, 3.63) is 67.0 Å². The summed E-state index contributed by atoms with van der Waals surface area (Å²) in [6.07, 6.45) is 0. The first-order valence-corrected chi connectivity index (χ1v) is 9.07. The number of fused-ring (bicyclic) bond motifs is 1. The summed E-state index contributed by atoms with van der Waals surface area (Å²) in [6, 6.07) is 7.06. The maximum absolute atomic E-state index is 12.3. The number of amides is 1. The lowest BCUT2D eigenvalue weighted by atomic mass is 10.1. The van der Waals surface area contributed by atoms with Gasteiger partial charge in [-0.1, -0.05) is 11.6 Å². The lowest BCUT2D eigenvalue weighted by Crippen LogP contribution is -2.21. The quantitative estimate of drug-likeness (QED) is 0.355. The molecule has 0 saturated heterocycles. The van der Waals surface area contributed by atoms with Crippen molar-refractivity contribution in [3.63, 3.8) is 0 Å². The molecule has 0 radical (unpaired) electrons. The van der Waals surface area contributed by atoms with E-state index in [0.717, 1.165) is 0 Å². The molecule has 2 aromatic carbocycles. The number of nitro benzene ring substituents is 1. The number of halogens is 1. The molecule has 1 N–H and O–H groups in total. The molecule has 0 aliphatic carbocycles. The number of benzene rings is 2. The molecule has 0 unspecified atom stereocenters. The van der Waals surface area contributed by atoms with Gasteiger partial charge in [-0.15, -0.1) is 0 Å². The van der Waals surface area contributed by atoms with Crippen LogP contribution in [-0.4, -0.2) is 24.5 Å². The number of carbonyl (C=O) groups is 1. The number of aryl methyl sites for hydroxylation is 2. The van der Waals surface area contributed by atoms with Crippen LogP contribution in [0, 0.1) is 24.0 Å². The van der Waals surface area contributed by atoms with Gasteiger partial charge in [0.2, 0.25) is 0 Å². The fraction of sp³-hybridized carbons (Fsp3) is 0.200. The summed E-state index contributed by atoms with van der Waals surface area (Å²) >= 11 is 6.21. The van der Waals surface area contributed by atoms with E-state index in [0.29, 0.717) is 22.2 Å². The molecule has 3 rings (SSSR count). The van der Waals surface area contributed by atoms with Crippen LogP contribution in [0.3, 0.4) is 0 Å². The molecular weight excluding hydrogens is 416 g/mol. The maximum atomic E-state index is 12.3. The number of carbonyl (C=O) groups excluding carboxylic acids is 1. The Hall–Kier alpha value is -3.59. The first-order valence-electron chi connectivity index (χ1n) is 8.69. The second-order valence-electron chi connectivity index (χ2n) is 6.46. The normalized spacial score (nSPS) is 10.7. The van der Waals surface area contributed by atoms with Crippen LogP contribution in [0.4, 0.5) is 11.4 Å². The minimum Gasteiger partial charge on any atom is -0.490 e. The Morgan fingerprint density at radius 3 is 2.57 bits per heavy atom. The van der Waals surface area contributed by atoms with Crippen molar-refractivity contribution >= 4 is 39.9 Å². The average molecular weight is 433 g/mol. The highest BCUT2D eigenvalue weighted by Crippen LogP contribution is 2.33. The van der Waals surface area contributed by atoms with Crippen LogP contribution in [0.5, 0.6) is 11.5 Å². The second kappa shape index (κ2) is 8.42. The molecule has 0 fully saturated rings. The molecule has 0 atom stereocenters. The number of hydrogen-bond donors (Lipinski definition) is 1. The highest BCUT2D eigenvalue weighted by Gasteiger charge is 2.19. The third-order valence-corrected chi connectivity index (χ3v) is 4.65. The van der Waals surface area contributed by atoms with Crippen LogP contribution in [0.25, 0.3) is 11.0 Å². The maximum Gasteiger partial charge on any atom is 0.336 e. The number of rotatable bonds is 6. The molecule has 1 heterocycles. The van der Waals surface area contributed by atoms with Gasteiger partial charge in [-0.2, -0.15) is 0 Å². The van der Waals surface area contributed by atoms with E-state index in [1.165, 1.54) is 31.4 Å². The zero-order valence-corrected chi connectivity index (χ0v) is 17.0. The van der Waals surface area contributed by atoms with Gasteiger partial charge < -0.3 is 19.2 Å². The number of methoxy groups -OCH3 is 1. The van der Waals surface area contributed by atoms with Gasteiger partial charge in [0, 0.05) is 35.3 Å². The third-order valence-electron chi connectivity index (χ3n) is 4.36. The first-order chi connectivity index (χ1) is 14.2. The SMILES string of the molecule is COc1cc(NC(=O)COc2cc3oc(=O)cc(C)c3cc2Cl)c(C)cc1[N+](=O)[O-]. The average Bonchev–Trinajstić information content (AvgIpc) is 2.68. The Bertz CT molecular complexity index is 1220. The number of anilines is 1. The van der Waals surface area contributed by atoms with Gasteiger partial charge in [0.1, 0.15) is 11.3 Å². The van der Waals surface area contributed by atoms with Crippen LogP contribution < -0.4 is 20.4 Å². The summed E-state index contributed by atoms with van der Waals surface area (Å²) in [5.41, 5.74) is 1.11. The number of nitro groups is 1. The monoisotopic (exact) mass is 432 g/mol. The Balaban J connectivity index is 1.77. The lowest BCUT2D eigenvalue weighted by Gasteiger charge is -2.12. The molecule has 30 heavy (non-hydrogen) atoms. The largest absolute Gasteiger partial charge is 0.490 e. The third kappa shape index (κ3) is 4.36. The van der Waals surface area contributed by atoms with Gasteiger partial charge in [0.25, 0.3) is 5.91 Å². The van der Waals surface area contributed by atoms with Crippen LogP contribution in [-0.2, 0) is 4.79 Å². The van der Waals surface area contributed by atoms with E-state index in [-0.39, 0.29) is 34.4 Å². The molecule has 0 aliphatic rings. The van der Waals surface area contributed by atoms with Crippen molar-refractivity contribution in [1.29, 1.82) is 0 Å². The Morgan fingerprint density at radius 2 is 1.90 bits per heavy atom. The molecule has 1 aromatic heterocycles. The van der Waals surface area contributed by atoms with E-state index in [2.05, 4.69) is 5.32 Å². The van der Waals surface area contributed by atoms with E-state index < -0.39 is 16.5 Å². The molecule has 3 aromatic rings. The molecule has 9 nitrogen and oxygen atoms in total. The van der Waals surface area contributed by atoms with E-state index in [1.807, 2.05) is 0 Å². The van der Waals surface area contributed by atoms with Gasteiger partial charge in [-0.3, -0.25) is 14.9 Å². The summed E-state index contributed by atoms with van der Waals surface area (Å²) in [5.74, 6) is -0.327. The van der Waals surface area contributed by atoms with E-state index in [1.54, 1.807) is 19.9 Å². The summed E-state index contributed by atoms with van der Waals surface area (Å²) in [5, 5.41) is 14.6. The van der Waals surface area contributed by atoms with Crippen molar-refractivity contribution < 1.29 is 23.6 Å². The number of nitrogens with one attached hydrogen (secondary N) is 1. The Kier molecular flexibility index (Phi) is 5.93. The summed E-state index contributed by atoms with van der Waals surface area (Å²) < 4.78 is 15.6. The molecule has 0 saturated carbocycles. The molecule has 156 valence electrons.